The topological polar surface area (TPSA) is 120 Å². The number of carbonyl (C=O) groups excluding carboxylic acids is 3. The molecule has 0 aliphatic carbocycles. The molecule has 256 valence electrons. The number of nitrogens with one attached hydrogen (secondary N) is 3. The SMILES string of the molecule is N#Cc1c(-c2ccccc2)csc1NC(=O)CSc1cccc(NC(=O)/C(=C\c2ccc(OCc3ccccc3)cc2)NC(=O)c2ccccc2)c1. The summed E-state index contributed by atoms with van der Waals surface area (Å²) in [4.78, 5) is 40.4. The molecule has 52 heavy (non-hydrogen) atoms. The van der Waals surface area contributed by atoms with Crippen LogP contribution in [0.4, 0.5) is 10.7 Å². The fraction of sp³-hybridized carbons (Fsp3) is 0.0476. The Morgan fingerprint density at radius 1 is 0.788 bits per heavy atom. The molecule has 0 bridgehead atoms. The lowest BCUT2D eigenvalue weighted by molar-refractivity contribution is -0.114. The molecule has 0 unspecified atom stereocenters. The van der Waals surface area contributed by atoms with E-state index in [1.807, 2.05) is 102 Å². The van der Waals surface area contributed by atoms with Crippen LogP contribution < -0.4 is 20.7 Å². The molecule has 8 nitrogen and oxygen atoms in total. The zero-order valence-electron chi connectivity index (χ0n) is 27.7. The minimum atomic E-state index is -0.524. The molecular formula is C42H32N4O4S2. The standard InChI is InChI=1S/C42H32N4O4S2/c43-25-36-37(31-13-6-2-7-14-31)27-52-42(36)46-39(47)28-51-35-18-10-17-33(24-35)44-41(49)38(45-40(48)32-15-8-3-9-16-32)23-29-19-21-34(22-20-29)50-26-30-11-4-1-5-12-30/h1-24,27H,26,28H2,(H,44,49)(H,45,48)(H,46,47)/b38-23+. The first-order valence-electron chi connectivity index (χ1n) is 16.2. The van der Waals surface area contributed by atoms with E-state index in [0.717, 1.165) is 21.6 Å². The van der Waals surface area contributed by atoms with Gasteiger partial charge >= 0.3 is 0 Å². The van der Waals surface area contributed by atoms with Crippen LogP contribution in [0.25, 0.3) is 17.2 Å². The molecule has 6 aromatic rings. The Kier molecular flexibility index (Phi) is 11.9. The summed E-state index contributed by atoms with van der Waals surface area (Å²) in [6, 6.07) is 44.6. The number of rotatable bonds is 13. The summed E-state index contributed by atoms with van der Waals surface area (Å²) in [6.45, 7) is 0.422. The number of ether oxygens (including phenoxy) is 1. The molecule has 0 aliphatic rings. The highest BCUT2D eigenvalue weighted by Gasteiger charge is 2.17. The molecule has 6 rings (SSSR count). The lowest BCUT2D eigenvalue weighted by atomic mass is 10.1. The Morgan fingerprint density at radius 2 is 1.48 bits per heavy atom. The van der Waals surface area contributed by atoms with E-state index in [9.17, 15) is 19.6 Å². The van der Waals surface area contributed by atoms with Gasteiger partial charge < -0.3 is 20.7 Å². The Morgan fingerprint density at radius 3 is 2.19 bits per heavy atom. The van der Waals surface area contributed by atoms with Crippen molar-refractivity contribution in [1.82, 2.24) is 5.32 Å². The third-order valence-electron chi connectivity index (χ3n) is 7.67. The van der Waals surface area contributed by atoms with Crippen molar-refractivity contribution in [2.75, 3.05) is 16.4 Å². The van der Waals surface area contributed by atoms with Crippen LogP contribution >= 0.6 is 23.1 Å². The smallest absolute Gasteiger partial charge is 0.272 e. The van der Waals surface area contributed by atoms with Crippen molar-refractivity contribution in [3.05, 3.63) is 173 Å². The molecule has 1 aromatic heterocycles. The fourth-order valence-electron chi connectivity index (χ4n) is 5.07. The normalized spacial score (nSPS) is 10.9. The molecule has 0 fully saturated rings. The van der Waals surface area contributed by atoms with E-state index in [2.05, 4.69) is 22.0 Å². The van der Waals surface area contributed by atoms with Gasteiger partial charge in [0, 0.05) is 27.1 Å². The van der Waals surface area contributed by atoms with Crippen molar-refractivity contribution in [1.29, 1.82) is 5.26 Å². The van der Waals surface area contributed by atoms with Crippen molar-refractivity contribution < 1.29 is 19.1 Å². The second-order valence-electron chi connectivity index (χ2n) is 11.4. The number of benzene rings is 5. The number of nitriles is 1. The monoisotopic (exact) mass is 720 g/mol. The van der Waals surface area contributed by atoms with Crippen LogP contribution in [-0.4, -0.2) is 23.5 Å². The van der Waals surface area contributed by atoms with E-state index in [1.54, 1.807) is 48.5 Å². The van der Waals surface area contributed by atoms with Crippen molar-refractivity contribution in [3.63, 3.8) is 0 Å². The average Bonchev–Trinajstić information content (AvgIpc) is 3.60. The van der Waals surface area contributed by atoms with Gasteiger partial charge in [0.2, 0.25) is 5.91 Å². The van der Waals surface area contributed by atoms with Crippen molar-refractivity contribution in [3.8, 4) is 22.9 Å². The van der Waals surface area contributed by atoms with Crippen LogP contribution in [0.3, 0.4) is 0 Å². The van der Waals surface area contributed by atoms with E-state index < -0.39 is 11.8 Å². The van der Waals surface area contributed by atoms with Gasteiger partial charge in [0.15, 0.2) is 0 Å². The number of thioether (sulfide) groups is 1. The van der Waals surface area contributed by atoms with Crippen molar-refractivity contribution >= 4 is 57.6 Å². The molecule has 3 N–H and O–H groups in total. The van der Waals surface area contributed by atoms with E-state index in [1.165, 1.54) is 23.1 Å². The summed E-state index contributed by atoms with van der Waals surface area (Å²) in [5.41, 5.74) is 4.77. The van der Waals surface area contributed by atoms with E-state index in [0.29, 0.717) is 39.7 Å². The van der Waals surface area contributed by atoms with Gasteiger partial charge in [-0.05, 0) is 65.2 Å². The zero-order valence-corrected chi connectivity index (χ0v) is 29.4. The summed E-state index contributed by atoms with van der Waals surface area (Å²) in [5.74, 6) is -0.459. The predicted octanol–water partition coefficient (Wildman–Crippen LogP) is 9.01. The highest BCUT2D eigenvalue weighted by molar-refractivity contribution is 8.00. The number of nitrogens with zero attached hydrogens (tertiary/aromatic N) is 1. The maximum atomic E-state index is 13.6. The number of hydrogen-bond donors (Lipinski definition) is 3. The molecule has 0 spiro atoms. The first-order chi connectivity index (χ1) is 25.4. The van der Waals surface area contributed by atoms with Crippen LogP contribution in [0.15, 0.2) is 155 Å². The second-order valence-corrected chi connectivity index (χ2v) is 13.3. The minimum absolute atomic E-state index is 0.0448. The quantitative estimate of drug-likeness (QED) is 0.0809. The van der Waals surface area contributed by atoms with Crippen LogP contribution in [0.5, 0.6) is 5.75 Å². The van der Waals surface area contributed by atoms with Gasteiger partial charge in [-0.25, -0.2) is 0 Å². The Hall–Kier alpha value is -6.41. The highest BCUT2D eigenvalue weighted by atomic mass is 32.2. The second kappa shape index (κ2) is 17.5. The first-order valence-corrected chi connectivity index (χ1v) is 18.1. The van der Waals surface area contributed by atoms with Crippen molar-refractivity contribution in [2.24, 2.45) is 0 Å². The Balaban J connectivity index is 1.11. The van der Waals surface area contributed by atoms with Gasteiger partial charge in [0.1, 0.15) is 29.1 Å². The third-order valence-corrected chi connectivity index (χ3v) is 9.56. The Labute approximate surface area is 309 Å². The molecule has 0 aliphatic heterocycles. The number of amides is 3. The summed E-state index contributed by atoms with van der Waals surface area (Å²) in [6.07, 6.45) is 1.60. The molecule has 0 saturated heterocycles. The Bertz CT molecular complexity index is 2230. The van der Waals surface area contributed by atoms with Gasteiger partial charge in [-0.2, -0.15) is 5.26 Å². The van der Waals surface area contributed by atoms with Crippen LogP contribution in [0, 0.1) is 11.3 Å². The first kappa shape index (κ1) is 35.4. The molecule has 0 atom stereocenters. The van der Waals surface area contributed by atoms with E-state index in [4.69, 9.17) is 4.74 Å². The summed E-state index contributed by atoms with van der Waals surface area (Å²) < 4.78 is 5.90. The average molecular weight is 721 g/mol. The number of thiophene rings is 1. The van der Waals surface area contributed by atoms with Gasteiger partial charge in [-0.3, -0.25) is 14.4 Å². The largest absolute Gasteiger partial charge is 0.489 e. The fourth-order valence-corrected chi connectivity index (χ4v) is 6.77. The molecular weight excluding hydrogens is 689 g/mol. The maximum Gasteiger partial charge on any atom is 0.272 e. The summed E-state index contributed by atoms with van der Waals surface area (Å²) in [7, 11) is 0. The molecule has 10 heteroatoms. The van der Waals surface area contributed by atoms with Crippen molar-refractivity contribution in [2.45, 2.75) is 11.5 Å². The van der Waals surface area contributed by atoms with Gasteiger partial charge in [-0.15, -0.1) is 23.1 Å². The minimum Gasteiger partial charge on any atom is -0.489 e. The molecule has 0 saturated carbocycles. The van der Waals surface area contributed by atoms with Crippen LogP contribution in [0.2, 0.25) is 0 Å². The number of hydrogen-bond acceptors (Lipinski definition) is 7. The van der Waals surface area contributed by atoms with E-state index >= 15 is 0 Å². The molecule has 0 radical (unpaired) electrons. The van der Waals surface area contributed by atoms with Crippen LogP contribution in [0.1, 0.15) is 27.0 Å². The summed E-state index contributed by atoms with van der Waals surface area (Å²) >= 11 is 2.60. The van der Waals surface area contributed by atoms with Gasteiger partial charge in [0.25, 0.3) is 11.8 Å². The highest BCUT2D eigenvalue weighted by Crippen LogP contribution is 2.35. The van der Waals surface area contributed by atoms with Crippen LogP contribution in [-0.2, 0) is 16.2 Å². The molecule has 5 aromatic carbocycles. The predicted molar refractivity (Wildman–Crippen MR) is 208 cm³/mol. The van der Waals surface area contributed by atoms with E-state index in [-0.39, 0.29) is 17.4 Å². The number of anilines is 2. The molecule has 3 amide bonds. The lowest BCUT2D eigenvalue weighted by Gasteiger charge is -2.12. The third kappa shape index (κ3) is 9.63. The van der Waals surface area contributed by atoms with Gasteiger partial charge in [0.05, 0.1) is 11.3 Å². The summed E-state index contributed by atoms with van der Waals surface area (Å²) in [5, 5.41) is 20.7. The maximum absolute atomic E-state index is 13.6. The lowest BCUT2D eigenvalue weighted by Crippen LogP contribution is -2.30. The number of carbonyl (C=O) groups is 3. The molecule has 1 heterocycles. The van der Waals surface area contributed by atoms with Gasteiger partial charge in [-0.1, -0.05) is 97.1 Å². The zero-order chi connectivity index (χ0) is 36.1.